The number of para-hydroxylation sites is 1. The van der Waals surface area contributed by atoms with Gasteiger partial charge in [-0.3, -0.25) is 9.82 Å². The second-order valence-electron chi connectivity index (χ2n) is 4.76. The Hall–Kier alpha value is -2.43. The summed E-state index contributed by atoms with van der Waals surface area (Å²) in [6.45, 7) is 0. The molecule has 0 aliphatic rings. The molecule has 0 fully saturated rings. The molecule has 0 unspecified atom stereocenters. The largest absolute Gasteiger partial charge is 0.277 e. The summed E-state index contributed by atoms with van der Waals surface area (Å²) in [5.41, 5.74) is 0.896. The Balaban J connectivity index is 1.97. The molecule has 8 nitrogen and oxygen atoms in total. The van der Waals surface area contributed by atoms with Crippen molar-refractivity contribution in [3.63, 3.8) is 0 Å². The van der Waals surface area contributed by atoms with Gasteiger partial charge in [-0.25, -0.2) is 22.0 Å². The van der Waals surface area contributed by atoms with Crippen molar-refractivity contribution >= 4 is 36.6 Å². The molecule has 23 heavy (non-hydrogen) atoms. The Labute approximate surface area is 132 Å². The maximum atomic E-state index is 12.4. The van der Waals surface area contributed by atoms with E-state index in [-0.39, 0.29) is 9.79 Å². The van der Waals surface area contributed by atoms with Crippen molar-refractivity contribution < 1.29 is 16.8 Å². The monoisotopic (exact) mass is 352 g/mol. The maximum Gasteiger partial charge on any atom is 0.261 e. The minimum absolute atomic E-state index is 0.0820. The summed E-state index contributed by atoms with van der Waals surface area (Å²) in [5.74, 6) is 0. The first-order valence-electron chi connectivity index (χ1n) is 6.35. The number of nitrogens with zero attached hydrogens (tertiary/aromatic N) is 1. The molecule has 2 aromatic carbocycles. The van der Waals surface area contributed by atoms with Gasteiger partial charge in [-0.1, -0.05) is 12.1 Å². The molecule has 0 aliphatic heterocycles. The second-order valence-corrected chi connectivity index (χ2v) is 8.01. The quantitative estimate of drug-likeness (QED) is 0.644. The highest BCUT2D eigenvalue weighted by Gasteiger charge is 2.17. The minimum Gasteiger partial charge on any atom is -0.277 e. The van der Waals surface area contributed by atoms with E-state index in [0.29, 0.717) is 11.2 Å². The van der Waals surface area contributed by atoms with Crippen LogP contribution in [-0.2, 0) is 20.0 Å². The normalized spacial score (nSPS) is 12.4. The summed E-state index contributed by atoms with van der Waals surface area (Å²) >= 11 is 0. The van der Waals surface area contributed by atoms with E-state index in [0.717, 1.165) is 17.5 Å². The number of aromatic amines is 1. The first kappa shape index (κ1) is 15.5. The second kappa shape index (κ2) is 5.33. The molecule has 0 spiro atoms. The van der Waals surface area contributed by atoms with Crippen LogP contribution in [0.5, 0.6) is 0 Å². The van der Waals surface area contributed by atoms with E-state index >= 15 is 0 Å². The average molecular weight is 352 g/mol. The van der Waals surface area contributed by atoms with Crippen molar-refractivity contribution in [3.05, 3.63) is 48.7 Å². The number of anilines is 1. The Morgan fingerprint density at radius 2 is 1.61 bits per heavy atom. The van der Waals surface area contributed by atoms with Gasteiger partial charge in [0.2, 0.25) is 10.0 Å². The molecule has 0 amide bonds. The van der Waals surface area contributed by atoms with Crippen LogP contribution in [0.15, 0.2) is 58.5 Å². The van der Waals surface area contributed by atoms with Gasteiger partial charge >= 0.3 is 0 Å². The standard InChI is InChI=1S/C13H12N4O4S2/c14-22(18,19)10-4-6-11(7-5-10)23(20,21)17-12-3-1-2-9-8-15-16-13(9)12/h1-8,17H,(H,15,16)(H2,14,18,19). The molecule has 1 aromatic heterocycles. The van der Waals surface area contributed by atoms with Gasteiger partial charge in [-0.15, -0.1) is 0 Å². The number of H-pyrrole nitrogens is 1. The van der Waals surface area contributed by atoms with Crippen LogP contribution in [0, 0.1) is 0 Å². The summed E-state index contributed by atoms with van der Waals surface area (Å²) in [5, 5.41) is 12.3. The van der Waals surface area contributed by atoms with E-state index in [1.165, 1.54) is 12.1 Å². The number of nitrogens with two attached hydrogens (primary N) is 1. The number of rotatable bonds is 4. The molecule has 4 N–H and O–H groups in total. The minimum atomic E-state index is -3.88. The van der Waals surface area contributed by atoms with Crippen LogP contribution in [0.3, 0.4) is 0 Å². The van der Waals surface area contributed by atoms with Crippen LogP contribution in [0.25, 0.3) is 10.9 Å². The first-order valence-corrected chi connectivity index (χ1v) is 9.38. The molecule has 0 atom stereocenters. The van der Waals surface area contributed by atoms with Gasteiger partial charge in [0.25, 0.3) is 10.0 Å². The van der Waals surface area contributed by atoms with Crippen molar-refractivity contribution in [1.82, 2.24) is 10.2 Å². The highest BCUT2D eigenvalue weighted by Crippen LogP contribution is 2.24. The molecular weight excluding hydrogens is 340 g/mol. The number of primary sulfonamides is 1. The third-order valence-corrected chi connectivity index (χ3v) is 5.49. The zero-order valence-corrected chi connectivity index (χ0v) is 13.2. The van der Waals surface area contributed by atoms with Crippen LogP contribution in [0.4, 0.5) is 5.69 Å². The van der Waals surface area contributed by atoms with Gasteiger partial charge in [0.1, 0.15) is 0 Å². The lowest BCUT2D eigenvalue weighted by molar-refractivity contribution is 0.595. The van der Waals surface area contributed by atoms with Gasteiger partial charge in [-0.2, -0.15) is 5.10 Å². The van der Waals surface area contributed by atoms with Crippen LogP contribution in [-0.4, -0.2) is 27.0 Å². The van der Waals surface area contributed by atoms with Crippen molar-refractivity contribution in [2.45, 2.75) is 9.79 Å². The van der Waals surface area contributed by atoms with E-state index in [9.17, 15) is 16.8 Å². The molecule has 0 bridgehead atoms. The number of nitrogens with one attached hydrogen (secondary N) is 2. The Kier molecular flexibility index (Phi) is 3.59. The van der Waals surface area contributed by atoms with Gasteiger partial charge in [0, 0.05) is 5.39 Å². The summed E-state index contributed by atoms with van der Waals surface area (Å²) in [4.78, 5) is -0.242. The number of fused-ring (bicyclic) bond motifs is 1. The molecule has 10 heteroatoms. The van der Waals surface area contributed by atoms with Crippen molar-refractivity contribution in [1.29, 1.82) is 0 Å². The van der Waals surface area contributed by atoms with Gasteiger partial charge in [0.05, 0.1) is 27.2 Å². The van der Waals surface area contributed by atoms with Crippen LogP contribution in [0.2, 0.25) is 0 Å². The van der Waals surface area contributed by atoms with Crippen LogP contribution in [0.1, 0.15) is 0 Å². The molecule has 120 valence electrons. The van der Waals surface area contributed by atoms with Crippen molar-refractivity contribution in [2.75, 3.05) is 4.72 Å². The Bertz CT molecular complexity index is 1070. The summed E-state index contributed by atoms with van der Waals surface area (Å²) < 4.78 is 49.7. The van der Waals surface area contributed by atoms with E-state index in [1.807, 2.05) is 0 Å². The molecule has 3 rings (SSSR count). The van der Waals surface area contributed by atoms with Gasteiger partial charge in [-0.05, 0) is 30.3 Å². The van der Waals surface area contributed by atoms with Crippen molar-refractivity contribution in [3.8, 4) is 0 Å². The van der Waals surface area contributed by atoms with Crippen LogP contribution >= 0.6 is 0 Å². The third kappa shape index (κ3) is 3.04. The molecule has 1 heterocycles. The van der Waals surface area contributed by atoms with E-state index in [2.05, 4.69) is 14.9 Å². The zero-order chi connectivity index (χ0) is 16.7. The number of hydrogen-bond acceptors (Lipinski definition) is 5. The molecule has 0 saturated heterocycles. The van der Waals surface area contributed by atoms with Gasteiger partial charge in [0.15, 0.2) is 0 Å². The number of hydrogen-bond donors (Lipinski definition) is 3. The maximum absolute atomic E-state index is 12.4. The molecular formula is C13H12N4O4S2. The lowest BCUT2D eigenvalue weighted by Crippen LogP contribution is -2.15. The fourth-order valence-electron chi connectivity index (χ4n) is 2.07. The fraction of sp³-hybridized carbons (Fsp3) is 0. The molecule has 3 aromatic rings. The SMILES string of the molecule is NS(=O)(=O)c1ccc(S(=O)(=O)Nc2cccc3cn[nH]c23)cc1. The highest BCUT2D eigenvalue weighted by molar-refractivity contribution is 7.92. The lowest BCUT2D eigenvalue weighted by atomic mass is 10.2. The first-order chi connectivity index (χ1) is 10.8. The molecule has 0 aliphatic carbocycles. The molecule has 0 radical (unpaired) electrons. The average Bonchev–Trinajstić information content (AvgIpc) is 2.96. The Morgan fingerprint density at radius 3 is 2.26 bits per heavy atom. The van der Waals surface area contributed by atoms with E-state index in [1.54, 1.807) is 24.4 Å². The number of benzene rings is 2. The lowest BCUT2D eigenvalue weighted by Gasteiger charge is -2.09. The topological polar surface area (TPSA) is 135 Å². The summed E-state index contributed by atoms with van der Waals surface area (Å²) in [6, 6.07) is 9.71. The predicted molar refractivity (Wildman–Crippen MR) is 84.7 cm³/mol. The smallest absolute Gasteiger partial charge is 0.261 e. The fourth-order valence-corrected chi connectivity index (χ4v) is 3.65. The van der Waals surface area contributed by atoms with Crippen molar-refractivity contribution in [2.24, 2.45) is 5.14 Å². The third-order valence-electron chi connectivity index (χ3n) is 3.18. The number of aromatic nitrogens is 2. The van der Waals surface area contributed by atoms with Crippen LogP contribution < -0.4 is 9.86 Å². The molecule has 0 saturated carbocycles. The summed E-state index contributed by atoms with van der Waals surface area (Å²) in [7, 11) is -7.75. The zero-order valence-electron chi connectivity index (χ0n) is 11.6. The highest BCUT2D eigenvalue weighted by atomic mass is 32.2. The number of sulfonamides is 2. The van der Waals surface area contributed by atoms with E-state index in [4.69, 9.17) is 5.14 Å². The predicted octanol–water partition coefficient (Wildman–Crippen LogP) is 1.01. The Morgan fingerprint density at radius 1 is 0.957 bits per heavy atom. The van der Waals surface area contributed by atoms with Gasteiger partial charge < -0.3 is 0 Å². The summed E-state index contributed by atoms with van der Waals surface area (Å²) in [6.07, 6.45) is 1.58. The van der Waals surface area contributed by atoms with E-state index < -0.39 is 20.0 Å².